The third-order valence-corrected chi connectivity index (χ3v) is 5.45. The lowest BCUT2D eigenvalue weighted by atomic mass is 9.99. The van der Waals surface area contributed by atoms with Crippen molar-refractivity contribution in [3.05, 3.63) is 60.9 Å². The number of hydrogen-bond acceptors (Lipinski definition) is 6. The van der Waals surface area contributed by atoms with Crippen molar-refractivity contribution in [3.8, 4) is 34.1 Å². The van der Waals surface area contributed by atoms with Gasteiger partial charge in [-0.25, -0.2) is 9.97 Å². The van der Waals surface area contributed by atoms with Crippen LogP contribution in [0.4, 0.5) is 0 Å². The number of benzene rings is 2. The monoisotopic (exact) mass is 401 g/mol. The van der Waals surface area contributed by atoms with Gasteiger partial charge in [0.05, 0.1) is 7.11 Å². The lowest BCUT2D eigenvalue weighted by Gasteiger charge is -2.12. The highest BCUT2D eigenvalue weighted by Gasteiger charge is 2.24. The Labute approximate surface area is 174 Å². The first-order valence-corrected chi connectivity index (χ1v) is 10.2. The number of fused-ring (bicyclic) bond motifs is 1. The van der Waals surface area contributed by atoms with E-state index in [1.807, 2.05) is 54.6 Å². The van der Waals surface area contributed by atoms with Gasteiger partial charge in [0.15, 0.2) is 0 Å². The molecule has 152 valence electrons. The molecule has 1 aliphatic heterocycles. The summed E-state index contributed by atoms with van der Waals surface area (Å²) in [7, 11) is 1.66. The Bertz CT molecular complexity index is 1130. The van der Waals surface area contributed by atoms with Crippen LogP contribution in [-0.4, -0.2) is 36.3 Å². The molecule has 6 heteroatoms. The molecule has 1 aliphatic rings. The summed E-state index contributed by atoms with van der Waals surface area (Å²) >= 11 is 0. The average Bonchev–Trinajstić information content (AvgIpc) is 3.46. The minimum atomic E-state index is 0.347. The van der Waals surface area contributed by atoms with Gasteiger partial charge in [0.1, 0.15) is 29.8 Å². The molecule has 1 N–H and O–H groups in total. The number of furan rings is 1. The maximum atomic E-state index is 6.23. The number of methoxy groups -OCH3 is 1. The predicted octanol–water partition coefficient (Wildman–Crippen LogP) is 4.70. The molecule has 30 heavy (non-hydrogen) atoms. The second-order valence-electron chi connectivity index (χ2n) is 7.36. The van der Waals surface area contributed by atoms with Gasteiger partial charge in [0.25, 0.3) is 0 Å². The van der Waals surface area contributed by atoms with Gasteiger partial charge in [0.2, 0.25) is 11.6 Å². The van der Waals surface area contributed by atoms with Crippen LogP contribution in [0.15, 0.2) is 65.3 Å². The summed E-state index contributed by atoms with van der Waals surface area (Å²) in [5.74, 6) is 2.10. The number of rotatable bonds is 6. The molecular weight excluding hydrogens is 378 g/mol. The van der Waals surface area contributed by atoms with Crippen molar-refractivity contribution in [3.63, 3.8) is 0 Å². The van der Waals surface area contributed by atoms with E-state index >= 15 is 0 Å². The number of ether oxygens (including phenoxy) is 2. The van der Waals surface area contributed by atoms with E-state index in [9.17, 15) is 0 Å². The van der Waals surface area contributed by atoms with Crippen molar-refractivity contribution < 1.29 is 13.9 Å². The van der Waals surface area contributed by atoms with Crippen LogP contribution in [0.2, 0.25) is 0 Å². The van der Waals surface area contributed by atoms with E-state index in [-0.39, 0.29) is 0 Å². The number of aromatic nitrogens is 2. The molecule has 0 bridgehead atoms. The molecule has 1 fully saturated rings. The molecule has 4 aromatic rings. The van der Waals surface area contributed by atoms with Crippen LogP contribution in [0.3, 0.4) is 0 Å². The smallest absolute Gasteiger partial charge is 0.234 e. The molecule has 2 aromatic heterocycles. The summed E-state index contributed by atoms with van der Waals surface area (Å²) in [5.41, 5.74) is 3.41. The lowest BCUT2D eigenvalue weighted by Crippen LogP contribution is -2.28. The lowest BCUT2D eigenvalue weighted by molar-refractivity contribution is 0.270. The maximum absolute atomic E-state index is 6.23. The zero-order valence-corrected chi connectivity index (χ0v) is 16.8. The first-order valence-electron chi connectivity index (χ1n) is 10.2. The molecule has 6 nitrogen and oxygen atoms in total. The quantitative estimate of drug-likeness (QED) is 0.505. The Morgan fingerprint density at radius 2 is 1.87 bits per heavy atom. The molecule has 0 radical (unpaired) electrons. The van der Waals surface area contributed by atoms with Crippen LogP contribution >= 0.6 is 0 Å². The van der Waals surface area contributed by atoms with E-state index in [0.29, 0.717) is 24.2 Å². The number of hydrogen-bond donors (Lipinski definition) is 1. The maximum Gasteiger partial charge on any atom is 0.234 e. The molecule has 3 heterocycles. The van der Waals surface area contributed by atoms with Crippen molar-refractivity contribution in [1.29, 1.82) is 0 Å². The Balaban J connectivity index is 1.66. The molecular formula is C24H23N3O3. The van der Waals surface area contributed by atoms with Gasteiger partial charge in [-0.05, 0) is 37.1 Å². The summed E-state index contributed by atoms with van der Waals surface area (Å²) in [6.07, 6.45) is 3.78. The van der Waals surface area contributed by atoms with Gasteiger partial charge in [-0.3, -0.25) is 0 Å². The first-order chi connectivity index (χ1) is 14.8. The summed E-state index contributed by atoms with van der Waals surface area (Å²) in [5, 5.41) is 4.25. The molecule has 0 saturated carbocycles. The highest BCUT2D eigenvalue weighted by Crippen LogP contribution is 2.43. The third-order valence-electron chi connectivity index (χ3n) is 5.45. The van der Waals surface area contributed by atoms with Crippen molar-refractivity contribution in [2.24, 2.45) is 0 Å². The largest absolute Gasteiger partial charge is 0.497 e. The topological polar surface area (TPSA) is 69.4 Å². The Kier molecular flexibility index (Phi) is 5.07. The minimum absolute atomic E-state index is 0.347. The number of nitrogens with zero attached hydrogens (tertiary/aromatic N) is 2. The highest BCUT2D eigenvalue weighted by molar-refractivity contribution is 6.03. The third kappa shape index (κ3) is 3.50. The van der Waals surface area contributed by atoms with Crippen molar-refractivity contribution >= 4 is 11.1 Å². The van der Waals surface area contributed by atoms with Crippen LogP contribution in [0, 0.1) is 0 Å². The fourth-order valence-corrected chi connectivity index (χ4v) is 3.92. The predicted molar refractivity (Wildman–Crippen MR) is 116 cm³/mol. The number of nitrogens with one attached hydrogen (secondary N) is 1. The van der Waals surface area contributed by atoms with E-state index in [1.165, 1.54) is 12.7 Å². The van der Waals surface area contributed by atoms with E-state index < -0.39 is 0 Å². The normalized spacial score (nSPS) is 16.1. The fraction of sp³-hybridized carbons (Fsp3) is 0.250. The molecule has 0 aliphatic carbocycles. The molecule has 2 aromatic carbocycles. The summed E-state index contributed by atoms with van der Waals surface area (Å²) < 4.78 is 17.7. The van der Waals surface area contributed by atoms with E-state index in [0.717, 1.165) is 46.6 Å². The van der Waals surface area contributed by atoms with E-state index in [2.05, 4.69) is 15.3 Å². The zero-order chi connectivity index (χ0) is 20.3. The van der Waals surface area contributed by atoms with Gasteiger partial charge in [-0.15, -0.1) is 0 Å². The summed E-state index contributed by atoms with van der Waals surface area (Å²) in [6, 6.07) is 18.3. The summed E-state index contributed by atoms with van der Waals surface area (Å²) in [6.45, 7) is 1.61. The average molecular weight is 401 g/mol. The van der Waals surface area contributed by atoms with Crippen molar-refractivity contribution in [2.75, 3.05) is 20.3 Å². The van der Waals surface area contributed by atoms with Crippen LogP contribution in [0.25, 0.3) is 33.6 Å². The van der Waals surface area contributed by atoms with Crippen LogP contribution < -0.4 is 14.8 Å². The second-order valence-corrected chi connectivity index (χ2v) is 7.36. The van der Waals surface area contributed by atoms with Crippen molar-refractivity contribution in [1.82, 2.24) is 15.3 Å². The van der Waals surface area contributed by atoms with Gasteiger partial charge in [-0.2, -0.15) is 0 Å². The molecule has 1 atom stereocenters. The molecule has 0 unspecified atom stereocenters. The van der Waals surface area contributed by atoms with Crippen LogP contribution in [-0.2, 0) is 0 Å². The second kappa shape index (κ2) is 8.16. The Morgan fingerprint density at radius 3 is 2.60 bits per heavy atom. The summed E-state index contributed by atoms with van der Waals surface area (Å²) in [4.78, 5) is 8.84. The van der Waals surface area contributed by atoms with Gasteiger partial charge in [-0.1, -0.05) is 42.5 Å². The fourth-order valence-electron chi connectivity index (χ4n) is 3.92. The standard InChI is InChI=1S/C24H23N3O3/c1-28-19-11-9-16(10-12-19)20-21-23(29-14-18-8-5-13-25-18)26-15-27-24(21)30-22(20)17-6-3-2-4-7-17/h2-4,6-7,9-12,15,18,25H,5,8,13-14H2,1H3/t18-/m0/s1. The molecule has 0 spiro atoms. The van der Waals surface area contributed by atoms with Crippen LogP contribution in [0.5, 0.6) is 11.6 Å². The minimum Gasteiger partial charge on any atom is -0.497 e. The van der Waals surface area contributed by atoms with Crippen LogP contribution in [0.1, 0.15) is 12.8 Å². The molecule has 0 amide bonds. The van der Waals surface area contributed by atoms with Gasteiger partial charge >= 0.3 is 0 Å². The molecule has 5 rings (SSSR count). The van der Waals surface area contributed by atoms with Gasteiger partial charge < -0.3 is 19.2 Å². The first kappa shape index (κ1) is 18.6. The Morgan fingerprint density at radius 1 is 1.03 bits per heavy atom. The zero-order valence-electron chi connectivity index (χ0n) is 16.8. The van der Waals surface area contributed by atoms with Gasteiger partial charge in [0, 0.05) is 17.2 Å². The van der Waals surface area contributed by atoms with E-state index in [1.54, 1.807) is 7.11 Å². The van der Waals surface area contributed by atoms with Crippen molar-refractivity contribution in [2.45, 2.75) is 18.9 Å². The SMILES string of the molecule is COc1ccc(-c2c(-c3ccccc3)oc3ncnc(OC[C@@H]4CCCN4)c23)cc1. The van der Waals surface area contributed by atoms with E-state index in [4.69, 9.17) is 13.9 Å². The molecule has 1 saturated heterocycles. The Hall–Kier alpha value is -3.38. The highest BCUT2D eigenvalue weighted by atomic mass is 16.5.